The fourth-order valence-corrected chi connectivity index (χ4v) is 4.75. The van der Waals surface area contributed by atoms with E-state index in [1.54, 1.807) is 7.05 Å². The second-order valence-corrected chi connectivity index (χ2v) is 7.55. The van der Waals surface area contributed by atoms with Gasteiger partial charge in [-0.3, -0.25) is 19.3 Å². The highest BCUT2D eigenvalue weighted by Gasteiger charge is 2.51. The summed E-state index contributed by atoms with van der Waals surface area (Å²) < 4.78 is 5.92. The van der Waals surface area contributed by atoms with Crippen LogP contribution in [-0.4, -0.2) is 61.2 Å². The standard InChI is InChI=1S/C18H30N2O4/c1-19-13-9-10-14(19)16(17(21)20(2)23-3)15(11-13)24-18(22)12-7-5-4-6-8-12/h12-16H,4-11H2,1-3H3/t13-,14?,15+,16?/m1/s1. The highest BCUT2D eigenvalue weighted by Crippen LogP contribution is 2.41. The van der Waals surface area contributed by atoms with Crippen molar-refractivity contribution in [1.29, 1.82) is 0 Å². The summed E-state index contributed by atoms with van der Waals surface area (Å²) in [6.45, 7) is 0. The molecule has 2 heterocycles. The average Bonchev–Trinajstić information content (AvgIpc) is 2.84. The van der Waals surface area contributed by atoms with E-state index in [9.17, 15) is 9.59 Å². The molecule has 0 aromatic carbocycles. The second kappa shape index (κ2) is 7.40. The minimum Gasteiger partial charge on any atom is -0.461 e. The van der Waals surface area contributed by atoms with Gasteiger partial charge in [0.15, 0.2) is 0 Å². The van der Waals surface area contributed by atoms with Gasteiger partial charge in [-0.25, -0.2) is 5.06 Å². The van der Waals surface area contributed by atoms with E-state index in [0.29, 0.717) is 6.04 Å². The molecule has 3 fully saturated rings. The molecule has 4 atom stereocenters. The Morgan fingerprint density at radius 3 is 2.46 bits per heavy atom. The summed E-state index contributed by atoms with van der Waals surface area (Å²) in [5.41, 5.74) is 0. The Bertz CT molecular complexity index is 478. The molecular weight excluding hydrogens is 308 g/mol. The van der Waals surface area contributed by atoms with Gasteiger partial charge in [0.05, 0.1) is 18.9 Å². The summed E-state index contributed by atoms with van der Waals surface area (Å²) in [7, 11) is 5.20. The third-order valence-corrected chi connectivity index (χ3v) is 6.29. The van der Waals surface area contributed by atoms with E-state index >= 15 is 0 Å². The molecule has 0 N–H and O–H groups in total. The molecule has 2 bridgehead atoms. The Kier molecular flexibility index (Phi) is 5.45. The van der Waals surface area contributed by atoms with Crippen LogP contribution in [0.4, 0.5) is 0 Å². The number of hydrogen-bond acceptors (Lipinski definition) is 5. The van der Waals surface area contributed by atoms with Gasteiger partial charge in [-0.15, -0.1) is 0 Å². The van der Waals surface area contributed by atoms with E-state index in [-0.39, 0.29) is 35.9 Å². The van der Waals surface area contributed by atoms with Gasteiger partial charge < -0.3 is 4.74 Å². The van der Waals surface area contributed by atoms with Crippen LogP contribution in [0.1, 0.15) is 51.4 Å². The Morgan fingerprint density at radius 1 is 1.08 bits per heavy atom. The molecule has 1 amide bonds. The Labute approximate surface area is 144 Å². The third-order valence-electron chi connectivity index (χ3n) is 6.29. The molecule has 0 aromatic rings. The maximum Gasteiger partial charge on any atom is 0.309 e. The fraction of sp³-hybridized carbons (Fsp3) is 0.889. The Balaban J connectivity index is 1.73. The van der Waals surface area contributed by atoms with Crippen LogP contribution in [0.15, 0.2) is 0 Å². The van der Waals surface area contributed by atoms with Gasteiger partial charge in [0.2, 0.25) is 0 Å². The predicted molar refractivity (Wildman–Crippen MR) is 88.9 cm³/mol. The van der Waals surface area contributed by atoms with Crippen molar-refractivity contribution in [2.45, 2.75) is 69.6 Å². The molecule has 0 radical (unpaired) electrons. The zero-order valence-electron chi connectivity index (χ0n) is 15.1. The number of carbonyl (C=O) groups is 2. The largest absolute Gasteiger partial charge is 0.461 e. The van der Waals surface area contributed by atoms with Gasteiger partial charge in [-0.1, -0.05) is 19.3 Å². The summed E-state index contributed by atoms with van der Waals surface area (Å²) in [6, 6.07) is 0.550. The number of nitrogens with zero attached hydrogens (tertiary/aromatic N) is 2. The molecule has 2 saturated heterocycles. The van der Waals surface area contributed by atoms with Crippen molar-refractivity contribution in [2.24, 2.45) is 11.8 Å². The van der Waals surface area contributed by atoms with E-state index < -0.39 is 0 Å². The van der Waals surface area contributed by atoms with Crippen molar-refractivity contribution in [1.82, 2.24) is 9.96 Å². The molecule has 1 saturated carbocycles. The van der Waals surface area contributed by atoms with Crippen LogP contribution in [0.3, 0.4) is 0 Å². The average molecular weight is 338 g/mol. The number of hydroxylamine groups is 2. The summed E-state index contributed by atoms with van der Waals surface area (Å²) in [4.78, 5) is 32.8. The van der Waals surface area contributed by atoms with Crippen LogP contribution >= 0.6 is 0 Å². The molecule has 2 unspecified atom stereocenters. The monoisotopic (exact) mass is 338 g/mol. The van der Waals surface area contributed by atoms with Crippen molar-refractivity contribution >= 4 is 11.9 Å². The van der Waals surface area contributed by atoms with E-state index in [1.807, 2.05) is 0 Å². The zero-order valence-corrected chi connectivity index (χ0v) is 15.1. The number of ether oxygens (including phenoxy) is 1. The van der Waals surface area contributed by atoms with Crippen LogP contribution in [-0.2, 0) is 19.2 Å². The molecule has 1 aliphatic carbocycles. The lowest BCUT2D eigenvalue weighted by Gasteiger charge is -2.42. The summed E-state index contributed by atoms with van der Waals surface area (Å²) >= 11 is 0. The fourth-order valence-electron chi connectivity index (χ4n) is 4.75. The van der Waals surface area contributed by atoms with Crippen LogP contribution < -0.4 is 0 Å². The number of piperidine rings is 1. The number of amides is 1. The lowest BCUT2D eigenvalue weighted by atomic mass is 9.86. The SMILES string of the molecule is CON(C)C(=O)C1C2CC[C@H](C[C@@H]1OC(=O)C1CCCCC1)N2C. The first-order valence-corrected chi connectivity index (χ1v) is 9.27. The van der Waals surface area contributed by atoms with E-state index in [0.717, 1.165) is 44.9 Å². The maximum atomic E-state index is 12.8. The normalized spacial score (nSPS) is 34.1. The van der Waals surface area contributed by atoms with Gasteiger partial charge in [0.25, 0.3) is 5.91 Å². The molecule has 136 valence electrons. The minimum absolute atomic E-state index is 0.0203. The van der Waals surface area contributed by atoms with E-state index in [2.05, 4.69) is 11.9 Å². The van der Waals surface area contributed by atoms with Crippen LogP contribution in [0.2, 0.25) is 0 Å². The highest BCUT2D eigenvalue weighted by molar-refractivity contribution is 5.80. The smallest absolute Gasteiger partial charge is 0.309 e. The number of esters is 1. The van der Waals surface area contributed by atoms with Crippen LogP contribution in [0.5, 0.6) is 0 Å². The number of hydrogen-bond donors (Lipinski definition) is 0. The Hall–Kier alpha value is -1.14. The molecule has 6 nitrogen and oxygen atoms in total. The first kappa shape index (κ1) is 17.7. The number of fused-ring (bicyclic) bond motifs is 2. The third kappa shape index (κ3) is 3.31. The van der Waals surface area contributed by atoms with Crippen LogP contribution in [0.25, 0.3) is 0 Å². The minimum atomic E-state index is -0.328. The molecule has 3 aliphatic rings. The van der Waals surface area contributed by atoms with Crippen molar-refractivity contribution in [2.75, 3.05) is 21.2 Å². The van der Waals surface area contributed by atoms with Crippen molar-refractivity contribution in [3.63, 3.8) is 0 Å². The van der Waals surface area contributed by atoms with Crippen LogP contribution in [0, 0.1) is 11.8 Å². The molecular formula is C18H30N2O4. The summed E-state index contributed by atoms with van der Waals surface area (Å²) in [5.74, 6) is -0.490. The second-order valence-electron chi connectivity index (χ2n) is 7.55. The van der Waals surface area contributed by atoms with Gasteiger partial charge in [0, 0.05) is 25.6 Å². The molecule has 3 rings (SSSR count). The summed E-state index contributed by atoms with van der Waals surface area (Å²) in [6.07, 6.45) is 7.75. The number of carbonyl (C=O) groups excluding carboxylic acids is 2. The topological polar surface area (TPSA) is 59.1 Å². The first-order valence-electron chi connectivity index (χ1n) is 9.27. The quantitative estimate of drug-likeness (QED) is 0.579. The van der Waals surface area contributed by atoms with Crippen molar-refractivity contribution < 1.29 is 19.2 Å². The van der Waals surface area contributed by atoms with Gasteiger partial charge >= 0.3 is 5.97 Å². The van der Waals surface area contributed by atoms with Crippen molar-refractivity contribution in [3.8, 4) is 0 Å². The molecule has 24 heavy (non-hydrogen) atoms. The van der Waals surface area contributed by atoms with Gasteiger partial charge in [-0.2, -0.15) is 0 Å². The lowest BCUT2D eigenvalue weighted by Crippen LogP contribution is -2.56. The Morgan fingerprint density at radius 2 is 1.79 bits per heavy atom. The first-order chi connectivity index (χ1) is 11.5. The lowest BCUT2D eigenvalue weighted by molar-refractivity contribution is -0.188. The van der Waals surface area contributed by atoms with Crippen molar-refractivity contribution in [3.05, 3.63) is 0 Å². The molecule has 6 heteroatoms. The predicted octanol–water partition coefficient (Wildman–Crippen LogP) is 1.98. The molecule has 2 aliphatic heterocycles. The van der Waals surface area contributed by atoms with Gasteiger partial charge in [-0.05, 0) is 32.7 Å². The van der Waals surface area contributed by atoms with Gasteiger partial charge in [0.1, 0.15) is 6.10 Å². The highest BCUT2D eigenvalue weighted by atomic mass is 16.7. The molecule has 0 spiro atoms. The summed E-state index contributed by atoms with van der Waals surface area (Å²) in [5, 5.41) is 1.28. The maximum absolute atomic E-state index is 12.8. The molecule has 0 aromatic heterocycles. The van der Waals surface area contributed by atoms with E-state index in [1.165, 1.54) is 18.6 Å². The number of rotatable bonds is 4. The zero-order chi connectivity index (χ0) is 17.3. The van der Waals surface area contributed by atoms with E-state index in [4.69, 9.17) is 9.57 Å².